The van der Waals surface area contributed by atoms with Gasteiger partial charge >= 0.3 is 5.69 Å². The molecule has 120 valence electrons. The lowest BCUT2D eigenvalue weighted by atomic mass is 10.1. The molecule has 1 aromatic rings. The van der Waals surface area contributed by atoms with Gasteiger partial charge in [-0.2, -0.15) is 0 Å². The van der Waals surface area contributed by atoms with Gasteiger partial charge < -0.3 is 11.1 Å². The normalized spacial score (nSPS) is 12.4. The molecule has 0 saturated heterocycles. The minimum absolute atomic E-state index is 0.0152. The number of aromatic amines is 1. The molecule has 1 rings (SSSR count). The first-order valence-electron chi connectivity index (χ1n) is 6.32. The Morgan fingerprint density at radius 3 is 2.38 bits per heavy atom. The van der Waals surface area contributed by atoms with Crippen molar-refractivity contribution in [2.75, 3.05) is 23.9 Å². The average molecular weight is 319 g/mol. The zero-order chi connectivity index (χ0) is 16.4. The molecule has 0 aromatic carbocycles. The van der Waals surface area contributed by atoms with Crippen LogP contribution in [-0.2, 0) is 16.6 Å². The molecule has 0 fully saturated rings. The number of rotatable bonds is 6. The maximum Gasteiger partial charge on any atom is 0.330 e. The van der Waals surface area contributed by atoms with Crippen LogP contribution >= 0.6 is 0 Å². The van der Waals surface area contributed by atoms with E-state index < -0.39 is 26.8 Å². The predicted octanol–water partition coefficient (Wildman–Crippen LogP) is -1.12. The average Bonchev–Trinajstić information content (AvgIpc) is 2.24. The molecule has 0 spiro atoms. The Bertz CT molecular complexity index is 732. The van der Waals surface area contributed by atoms with Gasteiger partial charge in [-0.3, -0.25) is 14.3 Å². The van der Waals surface area contributed by atoms with Crippen molar-refractivity contribution in [2.45, 2.75) is 32.9 Å². The summed E-state index contributed by atoms with van der Waals surface area (Å²) in [5, 5.41) is 2.79. The van der Waals surface area contributed by atoms with E-state index in [1.165, 1.54) is 4.57 Å². The van der Waals surface area contributed by atoms with Crippen LogP contribution in [0.3, 0.4) is 0 Å². The molecule has 0 radical (unpaired) electrons. The van der Waals surface area contributed by atoms with Gasteiger partial charge in [0.05, 0.1) is 6.26 Å². The first-order valence-corrected chi connectivity index (χ1v) is 8.21. The summed E-state index contributed by atoms with van der Waals surface area (Å²) in [6.07, 6.45) is 1.05. The standard InChI is InChI=1S/C11H21N5O4S/c1-5-16-8(12)7(9(17)14-10(16)18)13-6-11(2,3)15-21(4,19)20/h13,15H,5-6,12H2,1-4H3,(H,14,17,18). The molecule has 0 amide bonds. The van der Waals surface area contributed by atoms with E-state index in [1.54, 1.807) is 20.8 Å². The third kappa shape index (κ3) is 4.60. The lowest BCUT2D eigenvalue weighted by Gasteiger charge is -2.26. The topological polar surface area (TPSA) is 139 Å². The van der Waals surface area contributed by atoms with Crippen molar-refractivity contribution in [3.8, 4) is 0 Å². The minimum atomic E-state index is -3.39. The second kappa shape index (κ2) is 5.90. The highest BCUT2D eigenvalue weighted by Gasteiger charge is 2.23. The Morgan fingerprint density at radius 2 is 1.90 bits per heavy atom. The smallest absolute Gasteiger partial charge is 0.330 e. The van der Waals surface area contributed by atoms with Crippen molar-refractivity contribution in [3.63, 3.8) is 0 Å². The molecule has 0 atom stereocenters. The van der Waals surface area contributed by atoms with Crippen molar-refractivity contribution in [2.24, 2.45) is 0 Å². The maximum absolute atomic E-state index is 11.8. The van der Waals surface area contributed by atoms with Crippen LogP contribution in [0.2, 0.25) is 0 Å². The number of anilines is 2. The monoisotopic (exact) mass is 319 g/mol. The number of hydrogen-bond acceptors (Lipinski definition) is 6. The SMILES string of the molecule is CCn1c(N)c(NCC(C)(C)NS(C)(=O)=O)c(=O)[nH]c1=O. The second-order valence-electron chi connectivity index (χ2n) is 5.38. The van der Waals surface area contributed by atoms with Crippen LogP contribution in [0.4, 0.5) is 11.5 Å². The Hall–Kier alpha value is -1.81. The summed E-state index contributed by atoms with van der Waals surface area (Å²) in [5.74, 6) is 0.0152. The van der Waals surface area contributed by atoms with Crippen LogP contribution < -0.4 is 27.0 Å². The molecule has 0 unspecified atom stereocenters. The Labute approximate surface area is 122 Å². The molecule has 5 N–H and O–H groups in total. The first-order chi connectivity index (χ1) is 9.47. The molecule has 0 saturated carbocycles. The third-order valence-electron chi connectivity index (χ3n) is 2.72. The fraction of sp³-hybridized carbons (Fsp3) is 0.636. The van der Waals surface area contributed by atoms with E-state index in [0.717, 1.165) is 6.26 Å². The number of hydrogen-bond donors (Lipinski definition) is 4. The molecule has 1 aromatic heterocycles. The van der Waals surface area contributed by atoms with Crippen LogP contribution in [-0.4, -0.2) is 36.3 Å². The minimum Gasteiger partial charge on any atom is -0.383 e. The van der Waals surface area contributed by atoms with Gasteiger partial charge in [0.1, 0.15) is 11.5 Å². The van der Waals surface area contributed by atoms with Gasteiger partial charge in [-0.1, -0.05) is 0 Å². The Morgan fingerprint density at radius 1 is 1.33 bits per heavy atom. The number of nitrogens with two attached hydrogens (primary N) is 1. The molecule has 0 bridgehead atoms. The van der Waals surface area contributed by atoms with Crippen molar-refractivity contribution in [1.29, 1.82) is 0 Å². The zero-order valence-corrected chi connectivity index (χ0v) is 13.3. The van der Waals surface area contributed by atoms with Crippen molar-refractivity contribution < 1.29 is 8.42 Å². The van der Waals surface area contributed by atoms with Crippen molar-refractivity contribution in [3.05, 3.63) is 20.8 Å². The first kappa shape index (κ1) is 17.2. The summed E-state index contributed by atoms with van der Waals surface area (Å²) in [6, 6.07) is 0. The summed E-state index contributed by atoms with van der Waals surface area (Å²) in [6.45, 7) is 5.45. The number of sulfonamides is 1. The summed E-state index contributed by atoms with van der Waals surface area (Å²) in [4.78, 5) is 25.5. The summed E-state index contributed by atoms with van der Waals surface area (Å²) in [7, 11) is -3.39. The molecule has 1 heterocycles. The van der Waals surface area contributed by atoms with Gasteiger partial charge in [-0.05, 0) is 20.8 Å². The van der Waals surface area contributed by atoms with Crippen LogP contribution in [0, 0.1) is 0 Å². The Balaban J connectivity index is 3.05. The van der Waals surface area contributed by atoms with E-state index in [0.29, 0.717) is 6.54 Å². The summed E-state index contributed by atoms with van der Waals surface area (Å²) >= 11 is 0. The quantitative estimate of drug-likeness (QED) is 0.524. The van der Waals surface area contributed by atoms with E-state index in [-0.39, 0.29) is 18.1 Å². The molecule has 0 aliphatic rings. The maximum atomic E-state index is 11.8. The van der Waals surface area contributed by atoms with E-state index in [1.807, 2.05) is 0 Å². The highest BCUT2D eigenvalue weighted by molar-refractivity contribution is 7.88. The van der Waals surface area contributed by atoms with E-state index in [4.69, 9.17) is 5.73 Å². The number of aromatic nitrogens is 2. The van der Waals surface area contributed by atoms with E-state index in [2.05, 4.69) is 15.0 Å². The van der Waals surface area contributed by atoms with Gasteiger partial charge in [-0.25, -0.2) is 17.9 Å². The van der Waals surface area contributed by atoms with Crippen LogP contribution in [0.1, 0.15) is 20.8 Å². The number of H-pyrrole nitrogens is 1. The highest BCUT2D eigenvalue weighted by atomic mass is 32.2. The number of nitrogen functional groups attached to an aromatic ring is 1. The van der Waals surface area contributed by atoms with Crippen LogP contribution in [0.15, 0.2) is 9.59 Å². The van der Waals surface area contributed by atoms with Gasteiger partial charge in [-0.15, -0.1) is 0 Å². The zero-order valence-electron chi connectivity index (χ0n) is 12.5. The van der Waals surface area contributed by atoms with E-state index >= 15 is 0 Å². The predicted molar refractivity (Wildman–Crippen MR) is 82.0 cm³/mol. The van der Waals surface area contributed by atoms with Gasteiger partial charge in [0, 0.05) is 18.6 Å². The molecule has 10 heteroatoms. The largest absolute Gasteiger partial charge is 0.383 e. The van der Waals surface area contributed by atoms with Crippen LogP contribution in [0.5, 0.6) is 0 Å². The number of nitrogens with zero attached hydrogens (tertiary/aromatic N) is 1. The molecule has 0 aliphatic heterocycles. The molecule has 9 nitrogen and oxygen atoms in total. The van der Waals surface area contributed by atoms with Crippen molar-refractivity contribution in [1.82, 2.24) is 14.3 Å². The van der Waals surface area contributed by atoms with Gasteiger partial charge in [0.2, 0.25) is 10.0 Å². The Kier molecular flexibility index (Phi) is 4.84. The van der Waals surface area contributed by atoms with Gasteiger partial charge in [0.15, 0.2) is 0 Å². The highest BCUT2D eigenvalue weighted by Crippen LogP contribution is 2.12. The number of nitrogens with one attached hydrogen (secondary N) is 3. The van der Waals surface area contributed by atoms with E-state index in [9.17, 15) is 18.0 Å². The summed E-state index contributed by atoms with van der Waals surface area (Å²) < 4.78 is 26.2. The lowest BCUT2D eigenvalue weighted by molar-refractivity contribution is 0.476. The molecule has 21 heavy (non-hydrogen) atoms. The summed E-state index contributed by atoms with van der Waals surface area (Å²) in [5.41, 5.74) is 3.78. The van der Waals surface area contributed by atoms with Crippen LogP contribution in [0.25, 0.3) is 0 Å². The third-order valence-corrected chi connectivity index (χ3v) is 3.65. The molecular weight excluding hydrogens is 298 g/mol. The second-order valence-corrected chi connectivity index (χ2v) is 7.12. The molecule has 0 aliphatic carbocycles. The van der Waals surface area contributed by atoms with Crippen molar-refractivity contribution >= 4 is 21.5 Å². The fourth-order valence-corrected chi connectivity index (χ4v) is 3.00. The fourth-order valence-electron chi connectivity index (χ4n) is 1.92. The molecular formula is C11H21N5O4S. The van der Waals surface area contributed by atoms with Gasteiger partial charge in [0.25, 0.3) is 5.56 Å². The lowest BCUT2D eigenvalue weighted by Crippen LogP contribution is -2.48.